The Hall–Kier alpha value is -0.610. The highest BCUT2D eigenvalue weighted by Gasteiger charge is 2.00. The molecule has 0 saturated heterocycles. The van der Waals surface area contributed by atoms with Crippen LogP contribution >= 0.6 is 11.8 Å². The summed E-state index contributed by atoms with van der Waals surface area (Å²) in [7, 11) is 0. The number of hydrogen-bond donors (Lipinski definition) is 1. The van der Waals surface area contributed by atoms with Crippen LogP contribution in [0.1, 0.15) is 12.6 Å². The van der Waals surface area contributed by atoms with Crippen molar-refractivity contribution < 1.29 is 0 Å². The zero-order chi connectivity index (χ0) is 8.10. The van der Waals surface area contributed by atoms with Gasteiger partial charge in [0.25, 0.3) is 0 Å². The Morgan fingerprint density at radius 2 is 2.18 bits per heavy atom. The third kappa shape index (κ3) is 2.17. The molecule has 1 rings (SSSR count). The molecule has 0 spiro atoms. The Kier molecular flexibility index (Phi) is 3.32. The van der Waals surface area contributed by atoms with Crippen molar-refractivity contribution in [1.82, 2.24) is 9.97 Å². The van der Waals surface area contributed by atoms with Gasteiger partial charge in [0.05, 0.1) is 5.69 Å². The first-order valence-electron chi connectivity index (χ1n) is 3.51. The first-order valence-corrected chi connectivity index (χ1v) is 4.49. The molecule has 0 aliphatic heterocycles. The van der Waals surface area contributed by atoms with Crippen LogP contribution in [0.2, 0.25) is 0 Å². The summed E-state index contributed by atoms with van der Waals surface area (Å²) in [6, 6.07) is 0. The molecule has 0 radical (unpaired) electrons. The molecule has 60 valence electrons. The smallest absolute Gasteiger partial charge is 0.119 e. The molecule has 0 fully saturated rings. The van der Waals surface area contributed by atoms with Crippen LogP contribution < -0.4 is 5.73 Å². The predicted octanol–water partition coefficient (Wildman–Crippen LogP) is 1.05. The minimum absolute atomic E-state index is 0.468. The van der Waals surface area contributed by atoms with Gasteiger partial charge >= 0.3 is 0 Å². The highest BCUT2D eigenvalue weighted by molar-refractivity contribution is 7.99. The molecule has 0 unspecified atom stereocenters. The van der Waals surface area contributed by atoms with Crippen molar-refractivity contribution in [1.29, 1.82) is 0 Å². The van der Waals surface area contributed by atoms with E-state index in [-0.39, 0.29) is 0 Å². The van der Waals surface area contributed by atoms with Gasteiger partial charge < -0.3 is 5.73 Å². The Bertz CT molecular complexity index is 227. The molecular weight excluding hydrogens is 158 g/mol. The minimum Gasteiger partial charge on any atom is -0.325 e. The molecule has 1 aromatic heterocycles. The van der Waals surface area contributed by atoms with Gasteiger partial charge in [-0.15, -0.1) is 11.8 Å². The fourth-order valence-corrected chi connectivity index (χ4v) is 1.46. The molecule has 3 nitrogen and oxygen atoms in total. The summed E-state index contributed by atoms with van der Waals surface area (Å²) in [5.41, 5.74) is 6.35. The molecule has 0 aliphatic carbocycles. The van der Waals surface area contributed by atoms with E-state index in [9.17, 15) is 0 Å². The standard InChI is InChI=1S/C7H11N3S/c1-2-11-7-6(5-8)9-3-4-10-7/h3-4H,2,5,8H2,1H3. The monoisotopic (exact) mass is 169 g/mol. The van der Waals surface area contributed by atoms with E-state index in [1.807, 2.05) is 0 Å². The van der Waals surface area contributed by atoms with Gasteiger partial charge in [-0.05, 0) is 5.75 Å². The maximum atomic E-state index is 5.47. The lowest BCUT2D eigenvalue weighted by atomic mass is 10.5. The van der Waals surface area contributed by atoms with Gasteiger partial charge in [0.1, 0.15) is 5.03 Å². The van der Waals surface area contributed by atoms with E-state index in [2.05, 4.69) is 16.9 Å². The van der Waals surface area contributed by atoms with E-state index < -0.39 is 0 Å². The molecule has 0 amide bonds. The van der Waals surface area contributed by atoms with E-state index in [1.165, 1.54) is 0 Å². The van der Waals surface area contributed by atoms with E-state index in [4.69, 9.17) is 5.73 Å². The molecule has 0 saturated carbocycles. The number of aromatic nitrogens is 2. The van der Waals surface area contributed by atoms with Crippen molar-refractivity contribution in [2.75, 3.05) is 5.75 Å². The average Bonchev–Trinajstić information content (AvgIpc) is 2.06. The largest absolute Gasteiger partial charge is 0.325 e. The fourth-order valence-electron chi connectivity index (χ4n) is 0.751. The van der Waals surface area contributed by atoms with Crippen LogP contribution in [0.5, 0.6) is 0 Å². The van der Waals surface area contributed by atoms with Gasteiger partial charge in [0.15, 0.2) is 0 Å². The highest BCUT2D eigenvalue weighted by atomic mass is 32.2. The Balaban J connectivity index is 2.83. The number of thioether (sulfide) groups is 1. The lowest BCUT2D eigenvalue weighted by Gasteiger charge is -2.01. The minimum atomic E-state index is 0.468. The van der Waals surface area contributed by atoms with Crippen molar-refractivity contribution in [2.24, 2.45) is 5.73 Å². The maximum absolute atomic E-state index is 5.47. The molecule has 2 N–H and O–H groups in total. The summed E-state index contributed by atoms with van der Waals surface area (Å²) < 4.78 is 0. The summed E-state index contributed by atoms with van der Waals surface area (Å²) in [5, 5.41) is 0.956. The van der Waals surface area contributed by atoms with Crippen molar-refractivity contribution >= 4 is 11.8 Å². The van der Waals surface area contributed by atoms with Gasteiger partial charge in [0, 0.05) is 18.9 Å². The number of hydrogen-bond acceptors (Lipinski definition) is 4. The molecule has 1 heterocycles. The summed E-state index contributed by atoms with van der Waals surface area (Å²) in [6.07, 6.45) is 3.36. The molecule has 0 aliphatic rings. The maximum Gasteiger partial charge on any atom is 0.119 e. The molecule has 0 aromatic carbocycles. The number of nitrogens with zero attached hydrogens (tertiary/aromatic N) is 2. The van der Waals surface area contributed by atoms with Crippen molar-refractivity contribution in [3.63, 3.8) is 0 Å². The number of nitrogens with two attached hydrogens (primary N) is 1. The molecule has 11 heavy (non-hydrogen) atoms. The van der Waals surface area contributed by atoms with E-state index in [0.29, 0.717) is 6.54 Å². The van der Waals surface area contributed by atoms with E-state index in [0.717, 1.165) is 16.5 Å². The predicted molar refractivity (Wildman–Crippen MR) is 46.3 cm³/mol. The lowest BCUT2D eigenvalue weighted by Crippen LogP contribution is -2.02. The Morgan fingerprint density at radius 1 is 1.45 bits per heavy atom. The normalized spacial score (nSPS) is 10.0. The van der Waals surface area contributed by atoms with Crippen molar-refractivity contribution in [3.8, 4) is 0 Å². The Labute approximate surface area is 70.4 Å². The molecule has 0 bridgehead atoms. The van der Waals surface area contributed by atoms with E-state index >= 15 is 0 Å². The molecule has 4 heteroatoms. The van der Waals surface area contributed by atoms with Gasteiger partial charge in [-0.3, -0.25) is 4.98 Å². The van der Waals surface area contributed by atoms with Gasteiger partial charge in [-0.25, -0.2) is 4.98 Å². The van der Waals surface area contributed by atoms with Crippen LogP contribution in [-0.2, 0) is 6.54 Å². The van der Waals surface area contributed by atoms with Gasteiger partial charge in [-0.2, -0.15) is 0 Å². The summed E-state index contributed by atoms with van der Waals surface area (Å²) in [5.74, 6) is 1.01. The summed E-state index contributed by atoms with van der Waals surface area (Å²) in [6.45, 7) is 2.55. The molecular formula is C7H11N3S. The SMILES string of the molecule is CCSc1nccnc1CN. The third-order valence-electron chi connectivity index (χ3n) is 1.21. The van der Waals surface area contributed by atoms with Crippen LogP contribution in [0.4, 0.5) is 0 Å². The zero-order valence-corrected chi connectivity index (χ0v) is 7.27. The quantitative estimate of drug-likeness (QED) is 0.687. The molecule has 0 atom stereocenters. The van der Waals surface area contributed by atoms with Crippen LogP contribution in [-0.4, -0.2) is 15.7 Å². The summed E-state index contributed by atoms with van der Waals surface area (Å²) in [4.78, 5) is 8.27. The second-order valence-corrected chi connectivity index (χ2v) is 3.20. The first kappa shape index (κ1) is 8.49. The number of rotatable bonds is 3. The van der Waals surface area contributed by atoms with Crippen LogP contribution in [0.15, 0.2) is 17.4 Å². The first-order chi connectivity index (χ1) is 5.38. The van der Waals surface area contributed by atoms with Crippen LogP contribution in [0, 0.1) is 0 Å². The van der Waals surface area contributed by atoms with Crippen molar-refractivity contribution in [3.05, 3.63) is 18.1 Å². The zero-order valence-electron chi connectivity index (χ0n) is 6.45. The van der Waals surface area contributed by atoms with Crippen LogP contribution in [0.25, 0.3) is 0 Å². The Morgan fingerprint density at radius 3 is 2.82 bits per heavy atom. The molecule has 1 aromatic rings. The van der Waals surface area contributed by atoms with Gasteiger partial charge in [0.2, 0.25) is 0 Å². The summed E-state index contributed by atoms with van der Waals surface area (Å²) >= 11 is 1.67. The van der Waals surface area contributed by atoms with Crippen molar-refractivity contribution in [2.45, 2.75) is 18.5 Å². The van der Waals surface area contributed by atoms with Crippen LogP contribution in [0.3, 0.4) is 0 Å². The average molecular weight is 169 g/mol. The topological polar surface area (TPSA) is 51.8 Å². The second kappa shape index (κ2) is 4.31. The highest BCUT2D eigenvalue weighted by Crippen LogP contribution is 2.16. The van der Waals surface area contributed by atoms with Gasteiger partial charge in [-0.1, -0.05) is 6.92 Å². The fraction of sp³-hybridized carbons (Fsp3) is 0.429. The third-order valence-corrected chi connectivity index (χ3v) is 2.11. The second-order valence-electron chi connectivity index (χ2n) is 1.95. The van der Waals surface area contributed by atoms with E-state index in [1.54, 1.807) is 24.2 Å². The lowest BCUT2D eigenvalue weighted by molar-refractivity contribution is 0.886.